The molecule has 4 rings (SSSR count). The molecule has 37 heavy (non-hydrogen) atoms. The number of Topliss-reactive ketones (excluding diaryl/α,β-unsaturated/α-hetero) is 1. The third-order valence-corrected chi connectivity index (χ3v) is 7.26. The van der Waals surface area contributed by atoms with Crippen LogP contribution in [0.1, 0.15) is 56.6 Å². The van der Waals surface area contributed by atoms with Crippen LogP contribution in [-0.2, 0) is 11.4 Å². The first-order valence-corrected chi connectivity index (χ1v) is 13.1. The first-order chi connectivity index (χ1) is 17.8. The van der Waals surface area contributed by atoms with Gasteiger partial charge in [-0.15, -0.1) is 0 Å². The molecule has 3 atom stereocenters. The molecule has 6 nitrogen and oxygen atoms in total. The van der Waals surface area contributed by atoms with Crippen LogP contribution in [0, 0.1) is 23.2 Å². The molecular weight excluding hydrogens is 544 g/mol. The predicted molar refractivity (Wildman–Crippen MR) is 139 cm³/mol. The van der Waals surface area contributed by atoms with Crippen molar-refractivity contribution in [2.45, 2.75) is 58.5 Å². The van der Waals surface area contributed by atoms with Crippen LogP contribution in [0.25, 0.3) is 0 Å². The lowest BCUT2D eigenvalue weighted by Gasteiger charge is -2.35. The third kappa shape index (κ3) is 6.07. The number of pyridine rings is 1. The summed E-state index contributed by atoms with van der Waals surface area (Å²) in [6.07, 6.45) is 3.62. The molecule has 0 N–H and O–H groups in total. The van der Waals surface area contributed by atoms with Gasteiger partial charge in [0.05, 0.1) is 16.5 Å². The van der Waals surface area contributed by atoms with E-state index in [-0.39, 0.29) is 29.8 Å². The van der Waals surface area contributed by atoms with Gasteiger partial charge in [-0.1, -0.05) is 19.4 Å². The van der Waals surface area contributed by atoms with Crippen LogP contribution in [0.3, 0.4) is 0 Å². The second-order valence-corrected chi connectivity index (χ2v) is 10.2. The van der Waals surface area contributed by atoms with Crippen molar-refractivity contribution in [2.75, 3.05) is 6.61 Å². The van der Waals surface area contributed by atoms with Crippen LogP contribution in [0.15, 0.2) is 57.4 Å². The lowest BCUT2D eigenvalue weighted by molar-refractivity contribution is -0.117. The lowest BCUT2D eigenvalue weighted by Crippen LogP contribution is -2.32. The smallest absolute Gasteiger partial charge is 0.272 e. The van der Waals surface area contributed by atoms with Gasteiger partial charge in [-0.3, -0.25) is 14.8 Å². The van der Waals surface area contributed by atoms with Crippen molar-refractivity contribution in [2.24, 2.45) is 16.8 Å². The van der Waals surface area contributed by atoms with Gasteiger partial charge in [-0.25, -0.2) is 8.78 Å². The average molecular weight is 572 g/mol. The molecule has 3 unspecified atom stereocenters. The van der Waals surface area contributed by atoms with E-state index in [0.29, 0.717) is 34.2 Å². The lowest BCUT2D eigenvalue weighted by atomic mass is 9.70. The fourth-order valence-electron chi connectivity index (χ4n) is 5.08. The summed E-state index contributed by atoms with van der Waals surface area (Å²) in [5.74, 6) is -0.654. The Morgan fingerprint density at radius 2 is 2.08 bits per heavy atom. The SMILES string of the molecule is CCCC1CC(=O)C2=C(C1)N=C(C)C(C#N)C2c1cc(Br)c(OCc2cccnc2)c(OCC(F)F)c1. The highest BCUT2D eigenvalue weighted by Crippen LogP contribution is 2.48. The van der Waals surface area contributed by atoms with Gasteiger partial charge in [0.25, 0.3) is 6.43 Å². The average Bonchev–Trinajstić information content (AvgIpc) is 2.86. The first kappa shape index (κ1) is 26.9. The Labute approximate surface area is 223 Å². The minimum Gasteiger partial charge on any atom is -0.484 e. The van der Waals surface area contributed by atoms with E-state index in [9.17, 15) is 18.8 Å². The molecule has 2 aliphatic rings. The van der Waals surface area contributed by atoms with E-state index < -0.39 is 24.9 Å². The number of halogens is 3. The molecule has 0 amide bonds. The third-order valence-electron chi connectivity index (χ3n) is 6.67. The van der Waals surface area contributed by atoms with Crippen molar-refractivity contribution in [3.63, 3.8) is 0 Å². The molecular formula is C28H28BrF2N3O3. The number of aromatic nitrogens is 1. The summed E-state index contributed by atoms with van der Waals surface area (Å²) in [6.45, 7) is 3.22. The predicted octanol–water partition coefficient (Wildman–Crippen LogP) is 6.80. The monoisotopic (exact) mass is 571 g/mol. The number of carbonyl (C=O) groups excluding carboxylic acids is 1. The van der Waals surface area contributed by atoms with Gasteiger partial charge in [-0.05, 0) is 65.4 Å². The van der Waals surface area contributed by atoms with Crippen molar-refractivity contribution >= 4 is 27.4 Å². The maximum atomic E-state index is 13.4. The maximum Gasteiger partial charge on any atom is 0.272 e. The molecule has 0 saturated heterocycles. The Morgan fingerprint density at radius 1 is 1.27 bits per heavy atom. The van der Waals surface area contributed by atoms with Crippen molar-refractivity contribution in [3.8, 4) is 17.6 Å². The number of rotatable bonds is 9. The number of ketones is 1. The quantitative estimate of drug-likeness (QED) is 0.330. The van der Waals surface area contributed by atoms with E-state index in [1.54, 1.807) is 37.5 Å². The Kier molecular flexibility index (Phi) is 8.70. The summed E-state index contributed by atoms with van der Waals surface area (Å²) in [5, 5.41) is 10.0. The van der Waals surface area contributed by atoms with Crippen LogP contribution in [0.5, 0.6) is 11.5 Å². The zero-order valence-corrected chi connectivity index (χ0v) is 22.3. The van der Waals surface area contributed by atoms with Gasteiger partial charge in [0.1, 0.15) is 13.2 Å². The number of aliphatic imine (C=N–C) groups is 1. The molecule has 0 saturated carbocycles. The van der Waals surface area contributed by atoms with E-state index in [0.717, 1.165) is 24.1 Å². The number of nitriles is 1. The summed E-state index contributed by atoms with van der Waals surface area (Å²) >= 11 is 3.51. The molecule has 0 bridgehead atoms. The van der Waals surface area contributed by atoms with E-state index in [1.807, 2.05) is 6.07 Å². The van der Waals surface area contributed by atoms with Crippen LogP contribution in [0.2, 0.25) is 0 Å². The van der Waals surface area contributed by atoms with Crippen molar-refractivity contribution in [3.05, 3.63) is 63.5 Å². The number of ether oxygens (including phenoxy) is 2. The van der Waals surface area contributed by atoms with Gasteiger partial charge in [0, 0.05) is 47.3 Å². The van der Waals surface area contributed by atoms with Gasteiger partial charge in [0.2, 0.25) is 0 Å². The van der Waals surface area contributed by atoms with Gasteiger partial charge in [-0.2, -0.15) is 5.26 Å². The molecule has 1 aliphatic carbocycles. The largest absolute Gasteiger partial charge is 0.484 e. The molecule has 2 heterocycles. The second kappa shape index (κ2) is 12.0. The highest BCUT2D eigenvalue weighted by molar-refractivity contribution is 9.10. The number of hydrogen-bond acceptors (Lipinski definition) is 6. The Balaban J connectivity index is 1.76. The molecule has 194 valence electrons. The van der Waals surface area contributed by atoms with Crippen LogP contribution >= 0.6 is 15.9 Å². The van der Waals surface area contributed by atoms with Gasteiger partial charge < -0.3 is 9.47 Å². The Morgan fingerprint density at radius 3 is 2.76 bits per heavy atom. The highest BCUT2D eigenvalue weighted by atomic mass is 79.9. The normalized spacial score (nSPS) is 21.4. The van der Waals surface area contributed by atoms with Crippen LogP contribution < -0.4 is 9.47 Å². The molecule has 1 aromatic heterocycles. The number of alkyl halides is 2. The molecule has 0 spiro atoms. The highest BCUT2D eigenvalue weighted by Gasteiger charge is 2.41. The van der Waals surface area contributed by atoms with E-state index >= 15 is 0 Å². The fourth-order valence-corrected chi connectivity index (χ4v) is 5.66. The maximum absolute atomic E-state index is 13.4. The Hall–Kier alpha value is -3.12. The standard InChI is InChI=1S/C28H28BrF2N3O3/c1-3-5-17-8-22-27(23(35)9-17)26(20(12-32)16(2)34-22)19-10-21(29)28(24(11-19)36-15-25(30)31)37-14-18-6-4-7-33-13-18/h4,6-7,10-11,13,17,20,25-26H,3,5,8-9,14-15H2,1-2H3. The first-order valence-electron chi connectivity index (χ1n) is 12.3. The molecule has 0 fully saturated rings. The van der Waals surface area contributed by atoms with Crippen molar-refractivity contribution in [1.29, 1.82) is 5.26 Å². The summed E-state index contributed by atoms with van der Waals surface area (Å²) in [5.41, 5.74) is 3.32. The summed E-state index contributed by atoms with van der Waals surface area (Å²) in [6, 6.07) is 9.31. The van der Waals surface area contributed by atoms with Gasteiger partial charge in [0.15, 0.2) is 17.3 Å². The summed E-state index contributed by atoms with van der Waals surface area (Å²) in [7, 11) is 0. The van der Waals surface area contributed by atoms with Crippen molar-refractivity contribution in [1.82, 2.24) is 4.98 Å². The topological polar surface area (TPSA) is 84.6 Å². The Bertz CT molecular complexity index is 1260. The molecule has 9 heteroatoms. The van der Waals surface area contributed by atoms with Crippen LogP contribution in [0.4, 0.5) is 8.78 Å². The number of hydrogen-bond donors (Lipinski definition) is 0. The summed E-state index contributed by atoms with van der Waals surface area (Å²) < 4.78 is 38.1. The molecule has 1 aliphatic heterocycles. The number of nitrogens with zero attached hydrogens (tertiary/aromatic N) is 3. The second-order valence-electron chi connectivity index (χ2n) is 9.37. The zero-order valence-electron chi connectivity index (χ0n) is 20.7. The molecule has 2 aromatic rings. The number of allylic oxidation sites excluding steroid dienone is 2. The van der Waals surface area contributed by atoms with E-state index in [1.165, 1.54) is 0 Å². The summed E-state index contributed by atoms with van der Waals surface area (Å²) in [4.78, 5) is 22.1. The van der Waals surface area contributed by atoms with Crippen molar-refractivity contribution < 1.29 is 23.0 Å². The van der Waals surface area contributed by atoms with E-state index in [4.69, 9.17) is 9.47 Å². The number of benzene rings is 1. The minimum atomic E-state index is -2.69. The molecule has 1 aromatic carbocycles. The van der Waals surface area contributed by atoms with E-state index in [2.05, 4.69) is 38.9 Å². The molecule has 0 radical (unpaired) electrons. The minimum absolute atomic E-state index is 0.00993. The zero-order chi connectivity index (χ0) is 26.5. The van der Waals surface area contributed by atoms with Crippen LogP contribution in [-0.4, -0.2) is 29.5 Å². The number of carbonyl (C=O) groups is 1. The van der Waals surface area contributed by atoms with Gasteiger partial charge >= 0.3 is 0 Å². The fraction of sp³-hybridized carbons (Fsp3) is 0.429.